The quantitative estimate of drug-likeness (QED) is 0.628. The second-order valence-electron chi connectivity index (χ2n) is 3.61. The van der Waals surface area contributed by atoms with Gasteiger partial charge in [0.2, 0.25) is 0 Å². The van der Waals surface area contributed by atoms with Crippen LogP contribution in [0.25, 0.3) is 0 Å². The molecule has 0 saturated heterocycles. The molecule has 2 amide bonds. The van der Waals surface area contributed by atoms with Gasteiger partial charge in [-0.05, 0) is 0 Å². The number of primary amides is 1. The van der Waals surface area contributed by atoms with E-state index in [9.17, 15) is 9.59 Å². The van der Waals surface area contributed by atoms with Crippen molar-refractivity contribution < 1.29 is 9.59 Å². The van der Waals surface area contributed by atoms with Crippen LogP contribution in [0, 0.1) is 0 Å². The lowest BCUT2D eigenvalue weighted by atomic mass is 10.3. The van der Waals surface area contributed by atoms with Crippen molar-refractivity contribution in [1.29, 1.82) is 0 Å². The molecule has 0 radical (unpaired) electrons. The van der Waals surface area contributed by atoms with Crippen molar-refractivity contribution in [1.82, 2.24) is 19.9 Å². The highest BCUT2D eigenvalue weighted by molar-refractivity contribution is 6.48. The second-order valence-corrected chi connectivity index (χ2v) is 5.04. The molecule has 0 saturated carbocycles. The fourth-order valence-corrected chi connectivity index (χ4v) is 2.44. The molecule has 114 valence electrons. The topological polar surface area (TPSA) is 115 Å². The minimum Gasteiger partial charge on any atom is -0.361 e. The number of aromatic nitrogens is 4. The van der Waals surface area contributed by atoms with Crippen LogP contribution in [0.2, 0.25) is 20.6 Å². The number of rotatable bonds is 2. The summed E-state index contributed by atoms with van der Waals surface area (Å²) in [7, 11) is 0. The van der Waals surface area contributed by atoms with Crippen molar-refractivity contribution in [3.05, 3.63) is 33.3 Å². The molecule has 2 aromatic heterocycles. The van der Waals surface area contributed by atoms with E-state index in [4.69, 9.17) is 52.1 Å². The Hall–Kier alpha value is -1.74. The summed E-state index contributed by atoms with van der Waals surface area (Å²) in [5.74, 6) is -2.54. The molecule has 2 aromatic rings. The van der Waals surface area contributed by atoms with Crippen LogP contribution in [0.4, 0.5) is 11.4 Å². The number of halogens is 4. The first kappa shape index (κ1) is 16.6. The molecule has 0 fully saturated rings. The summed E-state index contributed by atoms with van der Waals surface area (Å²) >= 11 is 23.7. The summed E-state index contributed by atoms with van der Waals surface area (Å²) in [5.41, 5.74) is 4.57. The minimum absolute atomic E-state index is 0.228. The molecule has 12 heteroatoms. The van der Waals surface area contributed by atoms with Crippen LogP contribution in [-0.4, -0.2) is 31.8 Å². The van der Waals surface area contributed by atoms with E-state index in [1.807, 2.05) is 0 Å². The van der Waals surface area contributed by atoms with Gasteiger partial charge in [-0.2, -0.15) is 0 Å². The fraction of sp³-hybridized carbons (Fsp3) is 0. The summed E-state index contributed by atoms with van der Waals surface area (Å²) in [6.45, 7) is 0. The number of hydrogen-bond acceptors (Lipinski definition) is 6. The molecule has 8 nitrogen and oxygen atoms in total. The highest BCUT2D eigenvalue weighted by atomic mass is 35.5. The maximum Gasteiger partial charge on any atom is 0.321 e. The van der Waals surface area contributed by atoms with Gasteiger partial charge in [0.25, 0.3) is 0 Å². The van der Waals surface area contributed by atoms with Crippen molar-refractivity contribution in [2.45, 2.75) is 0 Å². The summed E-state index contributed by atoms with van der Waals surface area (Å²) in [5, 5.41) is -0.924. The number of nitrogens with two attached hydrogens (primary N) is 1. The number of anilines is 2. The molecule has 22 heavy (non-hydrogen) atoms. The monoisotopic (exact) mass is 380 g/mol. The number of amides is 2. The lowest BCUT2D eigenvalue weighted by Crippen LogP contribution is -2.38. The molecule has 0 bridgehead atoms. The van der Waals surface area contributed by atoms with Crippen molar-refractivity contribution >= 4 is 69.6 Å². The highest BCUT2D eigenvalue weighted by Gasteiger charge is 2.32. The largest absolute Gasteiger partial charge is 0.361 e. The van der Waals surface area contributed by atoms with Gasteiger partial charge in [0.15, 0.2) is 20.6 Å². The first-order chi connectivity index (χ1) is 10.3. The molecule has 2 heterocycles. The predicted molar refractivity (Wildman–Crippen MR) is 80.4 cm³/mol. The zero-order valence-electron chi connectivity index (χ0n) is 10.3. The lowest BCUT2D eigenvalue weighted by molar-refractivity contribution is -0.135. The van der Waals surface area contributed by atoms with Gasteiger partial charge in [-0.1, -0.05) is 46.4 Å². The minimum atomic E-state index is -1.31. The second kappa shape index (κ2) is 6.57. The zero-order valence-corrected chi connectivity index (χ0v) is 13.3. The van der Waals surface area contributed by atoms with Gasteiger partial charge >= 0.3 is 11.8 Å². The number of hydrogen-bond donors (Lipinski definition) is 1. The Bertz CT molecular complexity index is 679. The van der Waals surface area contributed by atoms with E-state index in [0.717, 1.165) is 12.7 Å². The highest BCUT2D eigenvalue weighted by Crippen LogP contribution is 2.40. The fourth-order valence-electron chi connectivity index (χ4n) is 1.47. The maximum atomic E-state index is 12.2. The van der Waals surface area contributed by atoms with Crippen LogP contribution in [0.3, 0.4) is 0 Å². The molecule has 0 aliphatic rings. The van der Waals surface area contributed by atoms with Gasteiger partial charge in [0.1, 0.15) is 24.0 Å². The lowest BCUT2D eigenvalue weighted by Gasteiger charge is -2.23. The molecule has 0 aliphatic heterocycles. The van der Waals surface area contributed by atoms with Crippen LogP contribution in [0.15, 0.2) is 12.7 Å². The van der Waals surface area contributed by atoms with E-state index in [1.54, 1.807) is 0 Å². The van der Waals surface area contributed by atoms with Crippen LogP contribution in [-0.2, 0) is 9.59 Å². The maximum absolute atomic E-state index is 12.2. The summed E-state index contributed by atoms with van der Waals surface area (Å²) in [4.78, 5) is 38.9. The Morgan fingerprint density at radius 3 is 1.41 bits per heavy atom. The van der Waals surface area contributed by atoms with Crippen molar-refractivity contribution in [2.24, 2.45) is 5.73 Å². The molecular weight excluding hydrogens is 378 g/mol. The van der Waals surface area contributed by atoms with E-state index >= 15 is 0 Å². The molecule has 0 unspecified atom stereocenters. The number of nitrogens with zero attached hydrogens (tertiary/aromatic N) is 5. The summed E-state index contributed by atoms with van der Waals surface area (Å²) in [6, 6.07) is 0. The van der Waals surface area contributed by atoms with E-state index in [1.165, 1.54) is 0 Å². The van der Waals surface area contributed by atoms with Crippen LogP contribution < -0.4 is 10.6 Å². The standard InChI is InChI=1S/C10H4Cl4N6O2/c11-5-3(6(12)17-1-16-5)20(10(22)9(15)21)4-7(13)18-2-19-8(4)14/h1-2H,(H2,15,21). The first-order valence-electron chi connectivity index (χ1n) is 5.30. The van der Waals surface area contributed by atoms with Crippen molar-refractivity contribution in [3.8, 4) is 0 Å². The Morgan fingerprint density at radius 1 is 0.818 bits per heavy atom. The molecule has 0 spiro atoms. The Labute approximate surface area is 143 Å². The predicted octanol–water partition coefficient (Wildman–Crippen LogP) is 2.03. The van der Waals surface area contributed by atoms with Crippen molar-refractivity contribution in [3.63, 3.8) is 0 Å². The average Bonchev–Trinajstić information content (AvgIpc) is 2.44. The van der Waals surface area contributed by atoms with Crippen LogP contribution in [0.5, 0.6) is 0 Å². The average molecular weight is 382 g/mol. The molecule has 0 aromatic carbocycles. The van der Waals surface area contributed by atoms with Gasteiger partial charge in [-0.15, -0.1) is 0 Å². The summed E-state index contributed by atoms with van der Waals surface area (Å²) in [6.07, 6.45) is 2.12. The third kappa shape index (κ3) is 3.05. The molecule has 0 aliphatic carbocycles. The summed E-state index contributed by atoms with van der Waals surface area (Å²) < 4.78 is 0. The Balaban J connectivity index is 2.79. The van der Waals surface area contributed by atoms with Gasteiger partial charge in [-0.3, -0.25) is 14.5 Å². The van der Waals surface area contributed by atoms with E-state index < -0.39 is 11.8 Å². The molecule has 2 rings (SSSR count). The van der Waals surface area contributed by atoms with Crippen LogP contribution in [0.1, 0.15) is 0 Å². The molecular formula is C10H4Cl4N6O2. The molecule has 2 N–H and O–H groups in total. The van der Waals surface area contributed by atoms with E-state index in [2.05, 4.69) is 19.9 Å². The number of carbonyl (C=O) groups is 2. The number of carbonyl (C=O) groups excluding carboxylic acids is 2. The van der Waals surface area contributed by atoms with E-state index in [-0.39, 0.29) is 32.0 Å². The van der Waals surface area contributed by atoms with Gasteiger partial charge in [-0.25, -0.2) is 19.9 Å². The molecule has 0 atom stereocenters. The van der Waals surface area contributed by atoms with Gasteiger partial charge < -0.3 is 5.73 Å². The van der Waals surface area contributed by atoms with Crippen LogP contribution >= 0.6 is 46.4 Å². The third-order valence-electron chi connectivity index (χ3n) is 2.33. The first-order valence-corrected chi connectivity index (χ1v) is 6.81. The zero-order chi connectivity index (χ0) is 16.4. The normalized spacial score (nSPS) is 10.4. The SMILES string of the molecule is NC(=O)C(=O)N(c1c(Cl)ncnc1Cl)c1c(Cl)ncnc1Cl. The Kier molecular flexibility index (Phi) is 4.97. The Morgan fingerprint density at radius 2 is 1.14 bits per heavy atom. The van der Waals surface area contributed by atoms with Gasteiger partial charge in [0, 0.05) is 0 Å². The third-order valence-corrected chi connectivity index (χ3v) is 3.43. The smallest absolute Gasteiger partial charge is 0.321 e. The van der Waals surface area contributed by atoms with Crippen molar-refractivity contribution in [2.75, 3.05) is 4.90 Å². The van der Waals surface area contributed by atoms with Gasteiger partial charge in [0.05, 0.1) is 0 Å². The van der Waals surface area contributed by atoms with E-state index in [0.29, 0.717) is 4.90 Å².